The minimum absolute atomic E-state index is 0.0468. The van der Waals surface area contributed by atoms with Crippen LogP contribution in [0.4, 0.5) is 5.69 Å². The zero-order valence-corrected chi connectivity index (χ0v) is 23.2. The van der Waals surface area contributed by atoms with Gasteiger partial charge in [-0.1, -0.05) is 58.0 Å². The molecule has 0 saturated carbocycles. The first kappa shape index (κ1) is 26.8. The number of primary amides is 1. The average Bonchev–Trinajstić information content (AvgIpc) is 3.59. The van der Waals surface area contributed by atoms with Crippen LogP contribution in [0.3, 0.4) is 0 Å². The Morgan fingerprint density at radius 2 is 1.88 bits per heavy atom. The Balaban J connectivity index is 1.59. The summed E-state index contributed by atoms with van der Waals surface area (Å²) in [6, 6.07) is 11.5. The molecule has 214 valence electrons. The van der Waals surface area contributed by atoms with Crippen LogP contribution >= 0.6 is 0 Å². The number of hydrogen-bond acceptors (Lipinski definition) is 8. The van der Waals surface area contributed by atoms with E-state index in [0.717, 1.165) is 22.4 Å². The monoisotopic (exact) mass is 559 g/mol. The number of hydrogen-bond donors (Lipinski definition) is 5. The van der Waals surface area contributed by atoms with E-state index in [1.807, 2.05) is 50.2 Å². The van der Waals surface area contributed by atoms with Crippen molar-refractivity contribution in [3.05, 3.63) is 76.5 Å². The molecule has 3 unspecified atom stereocenters. The molecule has 6 N–H and O–H groups in total. The van der Waals surface area contributed by atoms with Gasteiger partial charge in [0.15, 0.2) is 17.7 Å². The van der Waals surface area contributed by atoms with E-state index in [2.05, 4.69) is 20.9 Å². The largest absolute Gasteiger partial charge is 0.469 e. The van der Waals surface area contributed by atoms with Crippen LogP contribution in [0, 0.1) is 11.8 Å². The SMILES string of the molecule is CC(C)C(O)C(=O)N[C@H]1Cc2ccc3c(c2)C2(c4ccccc4NC2O3)c2oc(nc2C(N)=O)[C@H](C(C)C)NC1=O. The van der Waals surface area contributed by atoms with Gasteiger partial charge in [-0.25, -0.2) is 4.98 Å². The van der Waals surface area contributed by atoms with Gasteiger partial charge in [-0.3, -0.25) is 14.4 Å². The average molecular weight is 560 g/mol. The highest BCUT2D eigenvalue weighted by atomic mass is 16.5. The minimum Gasteiger partial charge on any atom is -0.469 e. The Hall–Kier alpha value is -4.38. The summed E-state index contributed by atoms with van der Waals surface area (Å²) >= 11 is 0. The summed E-state index contributed by atoms with van der Waals surface area (Å²) in [7, 11) is 0. The maximum absolute atomic E-state index is 13.7. The molecule has 4 heterocycles. The van der Waals surface area contributed by atoms with Gasteiger partial charge in [-0.15, -0.1) is 0 Å². The first-order valence-electron chi connectivity index (χ1n) is 13.8. The number of carbonyl (C=O) groups excluding carboxylic acids is 3. The molecule has 5 atom stereocenters. The summed E-state index contributed by atoms with van der Waals surface area (Å²) in [6.07, 6.45) is -1.79. The predicted molar refractivity (Wildman–Crippen MR) is 148 cm³/mol. The van der Waals surface area contributed by atoms with Gasteiger partial charge < -0.3 is 35.9 Å². The second-order valence-corrected chi connectivity index (χ2v) is 11.6. The number of oxazole rings is 1. The van der Waals surface area contributed by atoms with Crippen molar-refractivity contribution in [2.24, 2.45) is 17.6 Å². The third kappa shape index (κ3) is 4.06. The van der Waals surface area contributed by atoms with E-state index in [9.17, 15) is 19.5 Å². The van der Waals surface area contributed by atoms with Crippen molar-refractivity contribution in [1.29, 1.82) is 0 Å². The zero-order chi connectivity index (χ0) is 29.2. The number of benzene rings is 2. The molecule has 3 amide bonds. The van der Waals surface area contributed by atoms with E-state index in [1.54, 1.807) is 19.9 Å². The van der Waals surface area contributed by atoms with Gasteiger partial charge >= 0.3 is 0 Å². The number of nitrogens with zero attached hydrogens (tertiary/aromatic N) is 1. The number of nitrogens with one attached hydrogen (secondary N) is 3. The molecular formula is C30H33N5O6. The van der Waals surface area contributed by atoms with Gasteiger partial charge in [-0.2, -0.15) is 0 Å². The summed E-state index contributed by atoms with van der Waals surface area (Å²) in [5, 5.41) is 19.5. The van der Waals surface area contributed by atoms with Crippen molar-refractivity contribution in [2.45, 2.75) is 63.9 Å². The number of aliphatic hydroxyl groups is 1. The lowest BCUT2D eigenvalue weighted by Crippen LogP contribution is -2.52. The van der Waals surface area contributed by atoms with Gasteiger partial charge in [0, 0.05) is 17.7 Å². The minimum atomic E-state index is -1.28. The van der Waals surface area contributed by atoms with E-state index in [-0.39, 0.29) is 35.6 Å². The molecular weight excluding hydrogens is 526 g/mol. The molecule has 2 aromatic carbocycles. The zero-order valence-electron chi connectivity index (χ0n) is 23.2. The maximum Gasteiger partial charge on any atom is 0.271 e. The summed E-state index contributed by atoms with van der Waals surface area (Å²) < 4.78 is 12.9. The van der Waals surface area contributed by atoms with Gasteiger partial charge in [0.1, 0.15) is 29.4 Å². The topological polar surface area (TPSA) is 169 Å². The Kier molecular flexibility index (Phi) is 6.29. The third-order valence-electron chi connectivity index (χ3n) is 8.18. The first-order valence-corrected chi connectivity index (χ1v) is 13.8. The quantitative estimate of drug-likeness (QED) is 0.317. The molecule has 4 bridgehead atoms. The van der Waals surface area contributed by atoms with Gasteiger partial charge in [0.25, 0.3) is 5.91 Å². The molecule has 6 rings (SSSR count). The van der Waals surface area contributed by atoms with Crippen molar-refractivity contribution in [3.8, 4) is 5.75 Å². The summed E-state index contributed by atoms with van der Waals surface area (Å²) in [5.41, 5.74) is 7.83. The molecule has 1 spiro atoms. The number of anilines is 1. The number of nitrogens with two attached hydrogens (primary N) is 1. The molecule has 11 heteroatoms. The molecule has 3 aliphatic heterocycles. The van der Waals surface area contributed by atoms with Crippen LogP contribution in [-0.4, -0.2) is 46.2 Å². The number of aliphatic hydroxyl groups excluding tert-OH is 1. The van der Waals surface area contributed by atoms with Crippen molar-refractivity contribution < 1.29 is 28.6 Å². The van der Waals surface area contributed by atoms with E-state index in [1.165, 1.54) is 0 Å². The van der Waals surface area contributed by atoms with Gasteiger partial charge in [0.2, 0.25) is 17.7 Å². The predicted octanol–water partition coefficient (Wildman–Crippen LogP) is 2.12. The Bertz CT molecular complexity index is 1560. The normalized spacial score (nSPS) is 24.8. The molecule has 0 radical (unpaired) electrons. The van der Waals surface area contributed by atoms with Crippen molar-refractivity contribution in [2.75, 3.05) is 5.32 Å². The first-order chi connectivity index (χ1) is 19.5. The van der Waals surface area contributed by atoms with Crippen LogP contribution < -0.4 is 26.4 Å². The van der Waals surface area contributed by atoms with Crippen LogP contribution in [-0.2, 0) is 21.4 Å². The lowest BCUT2D eigenvalue weighted by atomic mass is 9.72. The van der Waals surface area contributed by atoms with Crippen LogP contribution in [0.5, 0.6) is 5.75 Å². The molecule has 0 aliphatic carbocycles. The third-order valence-corrected chi connectivity index (χ3v) is 8.18. The van der Waals surface area contributed by atoms with Crippen molar-refractivity contribution in [3.63, 3.8) is 0 Å². The fourth-order valence-corrected chi connectivity index (χ4v) is 6.03. The van der Waals surface area contributed by atoms with Crippen molar-refractivity contribution >= 4 is 23.4 Å². The van der Waals surface area contributed by atoms with E-state index >= 15 is 0 Å². The fraction of sp³-hybridized carbons (Fsp3) is 0.400. The number of para-hydroxylation sites is 1. The lowest BCUT2D eigenvalue weighted by Gasteiger charge is -2.29. The van der Waals surface area contributed by atoms with Gasteiger partial charge in [0.05, 0.1) is 0 Å². The molecule has 0 fully saturated rings. The smallest absolute Gasteiger partial charge is 0.271 e. The van der Waals surface area contributed by atoms with Crippen LogP contribution in [0.1, 0.15) is 72.6 Å². The van der Waals surface area contributed by atoms with Crippen LogP contribution in [0.25, 0.3) is 0 Å². The highest BCUT2D eigenvalue weighted by Gasteiger charge is 2.61. The molecule has 41 heavy (non-hydrogen) atoms. The fourth-order valence-electron chi connectivity index (χ4n) is 6.03. The lowest BCUT2D eigenvalue weighted by molar-refractivity contribution is -0.135. The molecule has 1 aromatic heterocycles. The second kappa shape index (κ2) is 9.62. The summed E-state index contributed by atoms with van der Waals surface area (Å²) in [4.78, 5) is 44.0. The van der Waals surface area contributed by atoms with Crippen LogP contribution in [0.15, 0.2) is 46.9 Å². The van der Waals surface area contributed by atoms with Gasteiger partial charge in [-0.05, 0) is 35.1 Å². The number of aromatic nitrogens is 1. The maximum atomic E-state index is 13.7. The number of ether oxygens (including phenoxy) is 1. The molecule has 3 aromatic rings. The number of amides is 3. The second-order valence-electron chi connectivity index (χ2n) is 11.6. The Labute approximate surface area is 236 Å². The summed E-state index contributed by atoms with van der Waals surface area (Å²) in [5.74, 6) is -1.50. The standard InChI is InChI=1S/C30H33N5O6/c1-13(2)21-28-35-22(25(31)37)24(41-28)30-16-7-5-6-8-18(16)33-29(30)40-20-10-9-15(11-17(20)30)12-19(26(38)34-21)32-27(39)23(36)14(3)4/h5-11,13-14,19,21,23,29,33,36H,12H2,1-4H3,(H2,31,37)(H,32,39)(H,34,38)/t19-,21-,23?,29?,30?/m0/s1. The van der Waals surface area contributed by atoms with Crippen LogP contribution in [0.2, 0.25) is 0 Å². The molecule has 11 nitrogen and oxygen atoms in total. The Morgan fingerprint density at radius 1 is 1.12 bits per heavy atom. The number of fused-ring (bicyclic) bond motifs is 4. The number of rotatable bonds is 5. The summed E-state index contributed by atoms with van der Waals surface area (Å²) in [6.45, 7) is 7.21. The number of carbonyl (C=O) groups is 3. The highest BCUT2D eigenvalue weighted by Crippen LogP contribution is 2.58. The van der Waals surface area contributed by atoms with E-state index in [0.29, 0.717) is 5.75 Å². The molecule has 3 aliphatic rings. The Morgan fingerprint density at radius 3 is 2.59 bits per heavy atom. The van der Waals surface area contributed by atoms with Crippen molar-refractivity contribution in [1.82, 2.24) is 15.6 Å². The van der Waals surface area contributed by atoms with E-state index < -0.39 is 47.6 Å². The molecule has 0 saturated heterocycles. The highest BCUT2D eigenvalue weighted by molar-refractivity contribution is 5.94. The van der Waals surface area contributed by atoms with E-state index in [4.69, 9.17) is 14.9 Å².